The Balaban J connectivity index is 1.72. The molecule has 1 aromatic heterocycles. The lowest BCUT2D eigenvalue weighted by atomic mass is 9.92. The molecule has 1 aromatic rings. The molecule has 3 rings (SSSR count). The second-order valence-electron chi connectivity index (χ2n) is 9.06. The predicted molar refractivity (Wildman–Crippen MR) is 122 cm³/mol. The van der Waals surface area contributed by atoms with E-state index in [1.54, 1.807) is 0 Å². The first-order valence-corrected chi connectivity index (χ1v) is 11.8. The van der Waals surface area contributed by atoms with E-state index in [0.717, 1.165) is 32.2 Å². The number of hydrazine groups is 1. The Hall–Kier alpha value is -2.24. The molecule has 184 valence electrons. The maximum Gasteiger partial charge on any atom is 0.243 e. The molecule has 1 saturated heterocycles. The van der Waals surface area contributed by atoms with Crippen LogP contribution in [0.3, 0.4) is 0 Å². The highest BCUT2D eigenvalue weighted by Gasteiger charge is 2.32. The van der Waals surface area contributed by atoms with E-state index >= 15 is 4.39 Å². The van der Waals surface area contributed by atoms with Gasteiger partial charge in [-0.3, -0.25) is 30.5 Å². The summed E-state index contributed by atoms with van der Waals surface area (Å²) in [6.45, 7) is 5.21. The summed E-state index contributed by atoms with van der Waals surface area (Å²) in [4.78, 5) is 35.7. The van der Waals surface area contributed by atoms with Crippen molar-refractivity contribution in [3.05, 3.63) is 11.1 Å². The standard InChI is InChI=1S/C21H33ClFN7O3/c1-13-14(2)30(9-8-28(13)3)19-17(23)18(24-21(22)25-19)26-27-20(32)16(11-29(33)12-31)10-15-6-4-5-7-15/h12-16,33H,4-11H2,1-3H3,(H,27,32)(H,24,25,26)/t13-,14-,16+/m1/s1. The normalized spacial score (nSPS) is 22.8. The van der Waals surface area contributed by atoms with Crippen molar-refractivity contribution >= 4 is 35.6 Å². The Morgan fingerprint density at radius 1 is 1.30 bits per heavy atom. The number of rotatable bonds is 9. The minimum absolute atomic E-state index is 0.0127. The summed E-state index contributed by atoms with van der Waals surface area (Å²) in [6, 6.07) is 0.167. The first kappa shape index (κ1) is 25.4. The van der Waals surface area contributed by atoms with Gasteiger partial charge in [0.2, 0.25) is 23.4 Å². The Morgan fingerprint density at radius 3 is 2.67 bits per heavy atom. The molecule has 10 nitrogen and oxygen atoms in total. The molecule has 0 bridgehead atoms. The van der Waals surface area contributed by atoms with Crippen LogP contribution in [0.2, 0.25) is 5.28 Å². The SMILES string of the molecule is C[C@@H]1[C@@H](C)N(c2nc(Cl)nc(NNC(=O)[C@@H](CC3CCCC3)CN(O)C=O)c2F)CCN1C. The quantitative estimate of drug-likeness (QED) is 0.211. The van der Waals surface area contributed by atoms with Gasteiger partial charge in [0.25, 0.3) is 0 Å². The number of piperazine rings is 1. The van der Waals surface area contributed by atoms with Gasteiger partial charge < -0.3 is 4.90 Å². The van der Waals surface area contributed by atoms with Crippen LogP contribution < -0.4 is 15.8 Å². The molecule has 0 aromatic carbocycles. The molecular formula is C21H33ClFN7O3. The average Bonchev–Trinajstić information content (AvgIpc) is 3.30. The van der Waals surface area contributed by atoms with E-state index in [0.29, 0.717) is 23.9 Å². The van der Waals surface area contributed by atoms with E-state index in [1.807, 2.05) is 18.9 Å². The molecule has 2 amide bonds. The van der Waals surface area contributed by atoms with Crippen molar-refractivity contribution in [1.82, 2.24) is 25.4 Å². The Bertz CT molecular complexity index is 842. The van der Waals surface area contributed by atoms with Gasteiger partial charge >= 0.3 is 0 Å². The van der Waals surface area contributed by atoms with Crippen LogP contribution in [0.25, 0.3) is 0 Å². The van der Waals surface area contributed by atoms with Crippen LogP contribution in [0, 0.1) is 17.7 Å². The Kier molecular flexibility index (Phi) is 8.66. The highest BCUT2D eigenvalue weighted by atomic mass is 35.5. The third-order valence-corrected chi connectivity index (χ3v) is 7.12. The molecule has 1 saturated carbocycles. The average molecular weight is 486 g/mol. The minimum Gasteiger partial charge on any atom is -0.348 e. The number of hydroxylamine groups is 2. The summed E-state index contributed by atoms with van der Waals surface area (Å²) in [5, 5.41) is 9.93. The van der Waals surface area contributed by atoms with E-state index < -0.39 is 17.6 Å². The number of aromatic nitrogens is 2. The van der Waals surface area contributed by atoms with E-state index in [4.69, 9.17) is 11.6 Å². The van der Waals surface area contributed by atoms with Gasteiger partial charge in [-0.2, -0.15) is 14.4 Å². The maximum atomic E-state index is 15.3. The molecule has 2 aliphatic rings. The van der Waals surface area contributed by atoms with Crippen LogP contribution in [0.5, 0.6) is 0 Å². The molecule has 3 atom stereocenters. The van der Waals surface area contributed by atoms with Gasteiger partial charge in [-0.15, -0.1) is 0 Å². The highest BCUT2D eigenvalue weighted by Crippen LogP contribution is 2.31. The summed E-state index contributed by atoms with van der Waals surface area (Å²) >= 11 is 6.08. The predicted octanol–water partition coefficient (Wildman–Crippen LogP) is 2.29. The number of nitrogens with zero attached hydrogens (tertiary/aromatic N) is 5. The lowest BCUT2D eigenvalue weighted by Crippen LogP contribution is -2.56. The number of amides is 2. The molecule has 33 heavy (non-hydrogen) atoms. The Morgan fingerprint density at radius 2 is 2.00 bits per heavy atom. The smallest absolute Gasteiger partial charge is 0.243 e. The van der Waals surface area contributed by atoms with Crippen molar-refractivity contribution in [2.75, 3.05) is 37.0 Å². The molecule has 12 heteroatoms. The van der Waals surface area contributed by atoms with Gasteiger partial charge in [0.15, 0.2) is 11.6 Å². The van der Waals surface area contributed by atoms with Crippen molar-refractivity contribution in [3.8, 4) is 0 Å². The number of likely N-dealkylation sites (N-methyl/N-ethyl adjacent to an activating group) is 1. The molecular weight excluding hydrogens is 453 g/mol. The number of hydrogen-bond acceptors (Lipinski definition) is 8. The lowest BCUT2D eigenvalue weighted by Gasteiger charge is -2.44. The van der Waals surface area contributed by atoms with Crippen LogP contribution in [0.1, 0.15) is 46.0 Å². The van der Waals surface area contributed by atoms with Crippen LogP contribution in [0.4, 0.5) is 16.0 Å². The molecule has 0 spiro atoms. The van der Waals surface area contributed by atoms with E-state index in [1.165, 1.54) is 0 Å². The van der Waals surface area contributed by atoms with Gasteiger partial charge in [-0.05, 0) is 44.8 Å². The zero-order chi connectivity index (χ0) is 24.1. The van der Waals surface area contributed by atoms with E-state index in [9.17, 15) is 14.8 Å². The molecule has 1 aliphatic heterocycles. The van der Waals surface area contributed by atoms with E-state index in [2.05, 4.69) is 32.6 Å². The van der Waals surface area contributed by atoms with Crippen LogP contribution in [-0.4, -0.2) is 76.2 Å². The first-order chi connectivity index (χ1) is 15.7. The first-order valence-electron chi connectivity index (χ1n) is 11.4. The van der Waals surface area contributed by atoms with Gasteiger partial charge in [0.05, 0.1) is 12.5 Å². The van der Waals surface area contributed by atoms with Crippen molar-refractivity contribution in [2.45, 2.75) is 58.0 Å². The number of carbonyl (C=O) groups excluding carboxylic acids is 2. The van der Waals surface area contributed by atoms with Crippen LogP contribution in [-0.2, 0) is 9.59 Å². The van der Waals surface area contributed by atoms with Crippen LogP contribution >= 0.6 is 11.6 Å². The third-order valence-electron chi connectivity index (χ3n) is 6.95. The fourth-order valence-electron chi connectivity index (χ4n) is 4.69. The second kappa shape index (κ2) is 11.3. The minimum atomic E-state index is -0.715. The molecule has 1 aliphatic carbocycles. The fourth-order valence-corrected chi connectivity index (χ4v) is 4.85. The van der Waals surface area contributed by atoms with Crippen molar-refractivity contribution in [3.63, 3.8) is 0 Å². The summed E-state index contributed by atoms with van der Waals surface area (Å²) in [7, 11) is 2.02. The molecule has 3 N–H and O–H groups in total. The number of halogens is 2. The number of carbonyl (C=O) groups is 2. The molecule has 2 heterocycles. The number of anilines is 2. The summed E-state index contributed by atoms with van der Waals surface area (Å²) in [6.07, 6.45) is 4.99. The third kappa shape index (κ3) is 6.21. The molecule has 0 radical (unpaired) electrons. The highest BCUT2D eigenvalue weighted by molar-refractivity contribution is 6.28. The van der Waals surface area contributed by atoms with Crippen molar-refractivity contribution < 1.29 is 19.2 Å². The van der Waals surface area contributed by atoms with E-state index in [-0.39, 0.29) is 42.0 Å². The topological polar surface area (TPSA) is 114 Å². The summed E-state index contributed by atoms with van der Waals surface area (Å²) in [5.74, 6) is -1.67. The Labute approximate surface area is 198 Å². The summed E-state index contributed by atoms with van der Waals surface area (Å²) < 4.78 is 15.3. The lowest BCUT2D eigenvalue weighted by molar-refractivity contribution is -0.154. The second-order valence-corrected chi connectivity index (χ2v) is 9.40. The number of hydrogen-bond donors (Lipinski definition) is 3. The maximum absolute atomic E-state index is 15.3. The van der Waals surface area contributed by atoms with Gasteiger partial charge in [-0.1, -0.05) is 25.7 Å². The van der Waals surface area contributed by atoms with Gasteiger partial charge in [0.1, 0.15) is 0 Å². The zero-order valence-electron chi connectivity index (χ0n) is 19.3. The van der Waals surface area contributed by atoms with Gasteiger partial charge in [0, 0.05) is 25.2 Å². The van der Waals surface area contributed by atoms with Crippen molar-refractivity contribution in [2.24, 2.45) is 11.8 Å². The van der Waals surface area contributed by atoms with Crippen LogP contribution in [0.15, 0.2) is 0 Å². The van der Waals surface area contributed by atoms with Gasteiger partial charge in [-0.25, -0.2) is 5.06 Å². The fraction of sp³-hybridized carbons (Fsp3) is 0.714. The van der Waals surface area contributed by atoms with Crippen molar-refractivity contribution in [1.29, 1.82) is 0 Å². The monoisotopic (exact) mass is 485 g/mol. The zero-order valence-corrected chi connectivity index (χ0v) is 20.1. The molecule has 0 unspecified atom stereocenters. The number of nitrogens with one attached hydrogen (secondary N) is 2. The largest absolute Gasteiger partial charge is 0.348 e. The molecule has 2 fully saturated rings. The summed E-state index contributed by atoms with van der Waals surface area (Å²) in [5.41, 5.74) is 5.00.